The predicted octanol–water partition coefficient (Wildman–Crippen LogP) is 4.51. The molecule has 1 aliphatic carbocycles. The molecule has 0 unspecified atom stereocenters. The first-order chi connectivity index (χ1) is 14.8. The fourth-order valence-corrected chi connectivity index (χ4v) is 4.58. The fourth-order valence-electron chi connectivity index (χ4n) is 3.77. The minimum atomic E-state index is -0.408. The number of hydrogen-bond acceptors (Lipinski definition) is 5. The number of amides is 3. The molecule has 1 heterocycles. The molecule has 1 aliphatic rings. The van der Waals surface area contributed by atoms with Gasteiger partial charge >= 0.3 is 6.03 Å². The van der Waals surface area contributed by atoms with E-state index in [2.05, 4.69) is 65.9 Å². The van der Waals surface area contributed by atoms with E-state index in [0.717, 1.165) is 37.1 Å². The molecule has 1 aromatic carbocycles. The Kier molecular flexibility index (Phi) is 7.75. The molecule has 7 nitrogen and oxygen atoms in total. The summed E-state index contributed by atoms with van der Waals surface area (Å²) in [6.45, 7) is 9.27. The Morgan fingerprint density at radius 2 is 1.77 bits per heavy atom. The maximum Gasteiger partial charge on any atom is 0.321 e. The third-order valence-electron chi connectivity index (χ3n) is 5.57. The predicted molar refractivity (Wildman–Crippen MR) is 124 cm³/mol. The van der Waals surface area contributed by atoms with Crippen molar-refractivity contribution in [2.24, 2.45) is 0 Å². The average Bonchev–Trinajstić information content (AvgIpc) is 3.15. The van der Waals surface area contributed by atoms with Crippen LogP contribution in [0.3, 0.4) is 0 Å². The summed E-state index contributed by atoms with van der Waals surface area (Å²) in [5.41, 5.74) is 2.34. The number of nitrogens with zero attached hydrogens (tertiary/aromatic N) is 3. The van der Waals surface area contributed by atoms with Gasteiger partial charge in [0.1, 0.15) is 0 Å². The second-order valence-corrected chi connectivity index (χ2v) is 9.97. The Labute approximate surface area is 188 Å². The molecule has 2 aromatic rings. The molecule has 8 heteroatoms. The topological polar surface area (TPSA) is 88.9 Å². The lowest BCUT2D eigenvalue weighted by Gasteiger charge is -2.22. The minimum Gasteiger partial charge on any atom is -0.335 e. The first-order valence-electron chi connectivity index (χ1n) is 11.0. The normalized spacial score (nSPS) is 15.0. The summed E-state index contributed by atoms with van der Waals surface area (Å²) in [6, 6.07) is 8.13. The SMILES string of the molecule is CCn1c(SCC(=O)NC(=O)NC2CCCCC2)nnc1-c1ccc(C(C)(C)C)cc1. The zero-order chi connectivity index (χ0) is 22.4. The number of imide groups is 1. The number of rotatable bonds is 6. The first-order valence-corrected chi connectivity index (χ1v) is 12.0. The van der Waals surface area contributed by atoms with Crippen LogP contribution in [-0.4, -0.2) is 38.5 Å². The van der Waals surface area contributed by atoms with Crippen molar-refractivity contribution in [3.8, 4) is 11.4 Å². The van der Waals surface area contributed by atoms with E-state index >= 15 is 0 Å². The third kappa shape index (κ3) is 6.32. The van der Waals surface area contributed by atoms with Crippen LogP contribution >= 0.6 is 11.8 Å². The Hall–Kier alpha value is -2.35. The number of carbonyl (C=O) groups is 2. The molecule has 0 aliphatic heterocycles. The van der Waals surface area contributed by atoms with Gasteiger partial charge in [0.15, 0.2) is 11.0 Å². The minimum absolute atomic E-state index is 0.0919. The summed E-state index contributed by atoms with van der Waals surface area (Å²) in [4.78, 5) is 24.3. The first kappa shape index (κ1) is 23.3. The molecule has 1 saturated carbocycles. The van der Waals surface area contributed by atoms with Crippen molar-refractivity contribution in [1.29, 1.82) is 0 Å². The van der Waals surface area contributed by atoms with Gasteiger partial charge in [0.2, 0.25) is 5.91 Å². The average molecular weight is 444 g/mol. The van der Waals surface area contributed by atoms with Gasteiger partial charge in [-0.1, -0.05) is 76.1 Å². The molecule has 2 N–H and O–H groups in total. The smallest absolute Gasteiger partial charge is 0.321 e. The largest absolute Gasteiger partial charge is 0.335 e. The van der Waals surface area contributed by atoms with E-state index in [4.69, 9.17) is 0 Å². The molecule has 31 heavy (non-hydrogen) atoms. The highest BCUT2D eigenvalue weighted by Gasteiger charge is 2.19. The van der Waals surface area contributed by atoms with Crippen molar-refractivity contribution in [3.05, 3.63) is 29.8 Å². The summed E-state index contributed by atoms with van der Waals surface area (Å²) >= 11 is 1.29. The lowest BCUT2D eigenvalue weighted by molar-refractivity contribution is -0.117. The van der Waals surface area contributed by atoms with Gasteiger partial charge in [-0.25, -0.2) is 4.79 Å². The molecule has 1 fully saturated rings. The van der Waals surface area contributed by atoms with Crippen LogP contribution in [0, 0.1) is 0 Å². The molecule has 0 spiro atoms. The second-order valence-electron chi connectivity index (χ2n) is 9.02. The Morgan fingerprint density at radius 1 is 1.10 bits per heavy atom. The van der Waals surface area contributed by atoms with Gasteiger partial charge in [0.25, 0.3) is 0 Å². The zero-order valence-corrected chi connectivity index (χ0v) is 19.7. The number of nitrogens with one attached hydrogen (secondary N) is 2. The van der Waals surface area contributed by atoms with Gasteiger partial charge in [0, 0.05) is 18.2 Å². The maximum atomic E-state index is 12.2. The lowest BCUT2D eigenvalue weighted by Crippen LogP contribution is -2.45. The van der Waals surface area contributed by atoms with E-state index in [-0.39, 0.29) is 23.1 Å². The Balaban J connectivity index is 1.58. The van der Waals surface area contributed by atoms with Crippen molar-refractivity contribution in [2.45, 2.75) is 83.0 Å². The second kappa shape index (κ2) is 10.3. The van der Waals surface area contributed by atoms with Crippen molar-refractivity contribution in [1.82, 2.24) is 25.4 Å². The van der Waals surface area contributed by atoms with Crippen LogP contribution in [0.15, 0.2) is 29.4 Å². The van der Waals surface area contributed by atoms with E-state index in [0.29, 0.717) is 11.7 Å². The molecule has 0 atom stereocenters. The highest BCUT2D eigenvalue weighted by atomic mass is 32.2. The quantitative estimate of drug-likeness (QED) is 0.641. The van der Waals surface area contributed by atoms with E-state index in [1.54, 1.807) is 0 Å². The monoisotopic (exact) mass is 443 g/mol. The Morgan fingerprint density at radius 3 is 2.39 bits per heavy atom. The maximum absolute atomic E-state index is 12.2. The molecule has 1 aromatic heterocycles. The third-order valence-corrected chi connectivity index (χ3v) is 6.53. The number of hydrogen-bond donors (Lipinski definition) is 2. The summed E-state index contributed by atoms with van der Waals surface area (Å²) < 4.78 is 1.99. The van der Waals surface area contributed by atoms with E-state index in [9.17, 15) is 9.59 Å². The van der Waals surface area contributed by atoms with Crippen LogP contribution < -0.4 is 10.6 Å². The summed E-state index contributed by atoms with van der Waals surface area (Å²) in [5.74, 6) is 0.556. The fraction of sp³-hybridized carbons (Fsp3) is 0.565. The molecular weight excluding hydrogens is 410 g/mol. The van der Waals surface area contributed by atoms with Crippen molar-refractivity contribution < 1.29 is 9.59 Å². The summed E-state index contributed by atoms with van der Waals surface area (Å²) in [5, 5.41) is 14.6. The summed E-state index contributed by atoms with van der Waals surface area (Å²) in [7, 11) is 0. The van der Waals surface area contributed by atoms with Gasteiger partial charge in [-0.05, 0) is 30.7 Å². The van der Waals surface area contributed by atoms with Gasteiger partial charge in [-0.3, -0.25) is 10.1 Å². The summed E-state index contributed by atoms with van der Waals surface area (Å²) in [6.07, 6.45) is 5.44. The van der Waals surface area contributed by atoms with Crippen LogP contribution in [0.5, 0.6) is 0 Å². The molecule has 0 saturated heterocycles. The molecule has 3 rings (SSSR count). The number of benzene rings is 1. The van der Waals surface area contributed by atoms with Crippen LogP contribution in [0.4, 0.5) is 4.79 Å². The van der Waals surface area contributed by atoms with Crippen LogP contribution in [0.1, 0.15) is 65.4 Å². The van der Waals surface area contributed by atoms with Crippen molar-refractivity contribution in [2.75, 3.05) is 5.75 Å². The lowest BCUT2D eigenvalue weighted by atomic mass is 9.87. The standard InChI is InChI=1S/C23H33N5O2S/c1-5-28-20(16-11-13-17(14-12-16)23(2,3)4)26-27-22(28)31-15-19(29)25-21(30)24-18-9-7-6-8-10-18/h11-14,18H,5-10,15H2,1-4H3,(H2,24,25,29,30). The number of carbonyl (C=O) groups excluding carboxylic acids is 2. The molecule has 168 valence electrons. The van der Waals surface area contributed by atoms with E-state index in [1.165, 1.54) is 23.7 Å². The number of thioether (sulfide) groups is 1. The van der Waals surface area contributed by atoms with E-state index < -0.39 is 6.03 Å². The van der Waals surface area contributed by atoms with Gasteiger partial charge in [0.05, 0.1) is 5.75 Å². The van der Waals surface area contributed by atoms with E-state index in [1.807, 2.05) is 11.5 Å². The number of aromatic nitrogens is 3. The molecule has 3 amide bonds. The molecule has 0 bridgehead atoms. The van der Waals surface area contributed by atoms with Crippen LogP contribution in [0.25, 0.3) is 11.4 Å². The number of urea groups is 1. The van der Waals surface area contributed by atoms with Crippen LogP contribution in [-0.2, 0) is 16.8 Å². The molecular formula is C23H33N5O2S. The zero-order valence-electron chi connectivity index (χ0n) is 18.9. The van der Waals surface area contributed by atoms with Crippen molar-refractivity contribution in [3.63, 3.8) is 0 Å². The molecule has 0 radical (unpaired) electrons. The highest BCUT2D eigenvalue weighted by molar-refractivity contribution is 7.99. The van der Waals surface area contributed by atoms with Crippen LogP contribution in [0.2, 0.25) is 0 Å². The highest BCUT2D eigenvalue weighted by Crippen LogP contribution is 2.27. The van der Waals surface area contributed by atoms with Gasteiger partial charge in [-0.15, -0.1) is 10.2 Å². The van der Waals surface area contributed by atoms with Gasteiger partial charge < -0.3 is 9.88 Å². The Bertz CT molecular complexity index is 896. The van der Waals surface area contributed by atoms with Crippen molar-refractivity contribution >= 4 is 23.7 Å². The van der Waals surface area contributed by atoms with Gasteiger partial charge in [-0.2, -0.15) is 0 Å².